The van der Waals surface area contributed by atoms with E-state index in [0.717, 1.165) is 42.8 Å². The van der Waals surface area contributed by atoms with Gasteiger partial charge in [-0.05, 0) is 25.8 Å². The number of aromatic nitrogens is 5. The van der Waals surface area contributed by atoms with Crippen LogP contribution in [0.5, 0.6) is 0 Å². The minimum Gasteiger partial charge on any atom is -0.357 e. The molecule has 0 unspecified atom stereocenters. The van der Waals surface area contributed by atoms with Crippen LogP contribution < -0.4 is 10.6 Å². The summed E-state index contributed by atoms with van der Waals surface area (Å²) in [5.41, 5.74) is 1.07. The molecule has 0 saturated carbocycles. The third-order valence-corrected chi connectivity index (χ3v) is 4.02. The van der Waals surface area contributed by atoms with Crippen LogP contribution in [0.2, 0.25) is 0 Å². The Morgan fingerprint density at radius 1 is 1.30 bits per heavy atom. The van der Waals surface area contributed by atoms with Crippen LogP contribution in [0, 0.1) is 0 Å². The Labute approximate surface area is 136 Å². The number of aliphatic imine (C=N–C) groups is 1. The van der Waals surface area contributed by atoms with Gasteiger partial charge in [0, 0.05) is 32.8 Å². The lowest BCUT2D eigenvalue weighted by Gasteiger charge is -2.16. The van der Waals surface area contributed by atoms with E-state index >= 15 is 0 Å². The minimum atomic E-state index is 0.587. The first kappa shape index (κ1) is 15.5. The Bertz CT molecular complexity index is 669. The van der Waals surface area contributed by atoms with Crippen molar-refractivity contribution < 1.29 is 0 Å². The SMILES string of the molecule is CCNC(=NCc1ccnn1C)NCc1nnc2n1CCCC2. The van der Waals surface area contributed by atoms with Crippen molar-refractivity contribution in [2.24, 2.45) is 12.0 Å². The lowest BCUT2D eigenvalue weighted by Crippen LogP contribution is -2.37. The summed E-state index contributed by atoms with van der Waals surface area (Å²) in [6.07, 6.45) is 5.22. The van der Waals surface area contributed by atoms with Crippen LogP contribution in [-0.4, -0.2) is 37.0 Å². The Hall–Kier alpha value is -2.38. The number of guanidine groups is 1. The van der Waals surface area contributed by atoms with Gasteiger partial charge in [-0.2, -0.15) is 5.10 Å². The number of nitrogens with zero attached hydrogens (tertiary/aromatic N) is 6. The molecule has 0 aliphatic carbocycles. The van der Waals surface area contributed by atoms with Crippen molar-refractivity contribution >= 4 is 5.96 Å². The summed E-state index contributed by atoms with van der Waals surface area (Å²) < 4.78 is 4.06. The largest absolute Gasteiger partial charge is 0.357 e. The molecule has 2 aromatic rings. The molecule has 8 nitrogen and oxygen atoms in total. The smallest absolute Gasteiger partial charge is 0.192 e. The van der Waals surface area contributed by atoms with E-state index in [9.17, 15) is 0 Å². The van der Waals surface area contributed by atoms with Gasteiger partial charge in [0.25, 0.3) is 0 Å². The molecule has 0 fully saturated rings. The van der Waals surface area contributed by atoms with E-state index in [-0.39, 0.29) is 0 Å². The number of aryl methyl sites for hydroxylation is 2. The molecular weight excluding hydrogens is 292 g/mol. The van der Waals surface area contributed by atoms with Gasteiger partial charge in [0.2, 0.25) is 0 Å². The number of nitrogens with one attached hydrogen (secondary N) is 2. The Balaban J connectivity index is 1.63. The third kappa shape index (κ3) is 3.69. The maximum Gasteiger partial charge on any atom is 0.192 e. The second-order valence-electron chi connectivity index (χ2n) is 5.64. The van der Waals surface area contributed by atoms with Crippen molar-refractivity contribution in [1.82, 2.24) is 35.2 Å². The summed E-state index contributed by atoms with van der Waals surface area (Å²) >= 11 is 0. The summed E-state index contributed by atoms with van der Waals surface area (Å²) in [7, 11) is 1.92. The van der Waals surface area contributed by atoms with Crippen LogP contribution in [0.1, 0.15) is 37.1 Å². The van der Waals surface area contributed by atoms with E-state index < -0.39 is 0 Å². The van der Waals surface area contributed by atoms with Gasteiger partial charge >= 0.3 is 0 Å². The normalized spacial score (nSPS) is 14.6. The monoisotopic (exact) mass is 316 g/mol. The number of hydrogen-bond donors (Lipinski definition) is 2. The van der Waals surface area contributed by atoms with Crippen LogP contribution in [0.3, 0.4) is 0 Å². The molecule has 8 heteroatoms. The van der Waals surface area contributed by atoms with E-state index in [4.69, 9.17) is 0 Å². The quantitative estimate of drug-likeness (QED) is 0.623. The van der Waals surface area contributed by atoms with E-state index in [1.807, 2.05) is 17.8 Å². The van der Waals surface area contributed by atoms with Crippen molar-refractivity contribution in [3.63, 3.8) is 0 Å². The Morgan fingerprint density at radius 3 is 3.00 bits per heavy atom. The summed E-state index contributed by atoms with van der Waals surface area (Å²) in [4.78, 5) is 4.60. The van der Waals surface area contributed by atoms with Crippen molar-refractivity contribution in [3.05, 3.63) is 29.6 Å². The lowest BCUT2D eigenvalue weighted by molar-refractivity contribution is 0.504. The minimum absolute atomic E-state index is 0.587. The second-order valence-corrected chi connectivity index (χ2v) is 5.64. The fraction of sp³-hybridized carbons (Fsp3) is 0.600. The van der Waals surface area contributed by atoms with E-state index in [2.05, 4.69) is 42.4 Å². The molecule has 3 heterocycles. The van der Waals surface area contributed by atoms with Crippen LogP contribution in [0.25, 0.3) is 0 Å². The number of rotatable bonds is 5. The summed E-state index contributed by atoms with van der Waals surface area (Å²) in [6, 6.07) is 1.97. The first-order valence-corrected chi connectivity index (χ1v) is 8.18. The van der Waals surface area contributed by atoms with E-state index in [1.165, 1.54) is 12.8 Å². The van der Waals surface area contributed by atoms with Gasteiger partial charge in [0.15, 0.2) is 11.8 Å². The zero-order valence-electron chi connectivity index (χ0n) is 13.8. The highest BCUT2D eigenvalue weighted by atomic mass is 15.3. The molecule has 0 atom stereocenters. The zero-order valence-corrected chi connectivity index (χ0v) is 13.8. The Kier molecular flexibility index (Phi) is 4.89. The maximum absolute atomic E-state index is 4.60. The molecule has 1 aliphatic heterocycles. The van der Waals surface area contributed by atoms with Gasteiger partial charge in [0.05, 0.1) is 18.8 Å². The van der Waals surface area contributed by atoms with Gasteiger partial charge in [-0.3, -0.25) is 4.68 Å². The highest BCUT2D eigenvalue weighted by Crippen LogP contribution is 2.13. The molecule has 0 radical (unpaired) electrons. The van der Waals surface area contributed by atoms with Gasteiger partial charge in [0.1, 0.15) is 5.82 Å². The number of hydrogen-bond acceptors (Lipinski definition) is 4. The number of fused-ring (bicyclic) bond motifs is 1. The molecule has 2 N–H and O–H groups in total. The molecule has 2 aromatic heterocycles. The van der Waals surface area contributed by atoms with Crippen LogP contribution in [0.15, 0.2) is 17.3 Å². The van der Waals surface area contributed by atoms with Crippen LogP contribution >= 0.6 is 0 Å². The molecule has 0 spiro atoms. The summed E-state index contributed by atoms with van der Waals surface area (Å²) in [5.74, 6) is 2.86. The molecule has 3 rings (SSSR count). The van der Waals surface area contributed by atoms with Crippen molar-refractivity contribution in [1.29, 1.82) is 0 Å². The van der Waals surface area contributed by atoms with Gasteiger partial charge < -0.3 is 15.2 Å². The van der Waals surface area contributed by atoms with Crippen molar-refractivity contribution in [2.45, 2.75) is 45.8 Å². The predicted octanol–water partition coefficient (Wildman–Crippen LogP) is 0.603. The molecule has 23 heavy (non-hydrogen) atoms. The van der Waals surface area contributed by atoms with E-state index in [0.29, 0.717) is 13.1 Å². The summed E-state index contributed by atoms with van der Waals surface area (Å²) in [5, 5.41) is 19.3. The molecule has 0 aromatic carbocycles. The average molecular weight is 316 g/mol. The van der Waals surface area contributed by atoms with Crippen molar-refractivity contribution in [3.8, 4) is 0 Å². The van der Waals surface area contributed by atoms with E-state index in [1.54, 1.807) is 6.20 Å². The fourth-order valence-electron chi connectivity index (χ4n) is 2.72. The molecule has 0 saturated heterocycles. The predicted molar refractivity (Wildman–Crippen MR) is 87.8 cm³/mol. The van der Waals surface area contributed by atoms with Gasteiger partial charge in [-0.15, -0.1) is 10.2 Å². The molecule has 124 valence electrons. The van der Waals surface area contributed by atoms with Crippen LogP contribution in [0.4, 0.5) is 0 Å². The molecular formula is C15H24N8. The first-order chi connectivity index (χ1) is 11.3. The lowest BCUT2D eigenvalue weighted by atomic mass is 10.2. The summed E-state index contributed by atoms with van der Waals surface area (Å²) in [6.45, 7) is 5.10. The van der Waals surface area contributed by atoms with Crippen LogP contribution in [-0.2, 0) is 33.1 Å². The van der Waals surface area contributed by atoms with Gasteiger partial charge in [-0.1, -0.05) is 0 Å². The first-order valence-electron chi connectivity index (χ1n) is 8.18. The standard InChI is InChI=1S/C15H24N8/c1-3-16-15(17-10-12-7-8-19-22(12)2)18-11-14-21-20-13-6-4-5-9-23(13)14/h7-8H,3-6,9-11H2,1-2H3,(H2,16,17,18). The third-order valence-electron chi connectivity index (χ3n) is 4.02. The highest BCUT2D eigenvalue weighted by Gasteiger charge is 2.15. The highest BCUT2D eigenvalue weighted by molar-refractivity contribution is 5.79. The zero-order chi connectivity index (χ0) is 16.1. The molecule has 1 aliphatic rings. The molecule has 0 bridgehead atoms. The fourth-order valence-corrected chi connectivity index (χ4v) is 2.72. The Morgan fingerprint density at radius 2 is 2.22 bits per heavy atom. The van der Waals surface area contributed by atoms with Crippen molar-refractivity contribution in [2.75, 3.05) is 6.54 Å². The maximum atomic E-state index is 4.60. The topological polar surface area (TPSA) is 84.9 Å². The average Bonchev–Trinajstić information content (AvgIpc) is 3.16. The second kappa shape index (κ2) is 7.26. The molecule has 0 amide bonds. The van der Waals surface area contributed by atoms with Gasteiger partial charge in [-0.25, -0.2) is 4.99 Å².